The van der Waals surface area contributed by atoms with E-state index in [1.807, 2.05) is 19.1 Å². The van der Waals surface area contributed by atoms with Gasteiger partial charge < -0.3 is 24.6 Å². The second-order valence-corrected chi connectivity index (χ2v) is 10.4. The van der Waals surface area contributed by atoms with E-state index in [2.05, 4.69) is 21.2 Å². The molecule has 1 aromatic heterocycles. The van der Waals surface area contributed by atoms with Crippen molar-refractivity contribution < 1.29 is 23.9 Å². The van der Waals surface area contributed by atoms with Crippen LogP contribution in [0.25, 0.3) is 6.08 Å². The number of morpholine rings is 1. The molecule has 2 fully saturated rings. The largest absolute Gasteiger partial charge is 0.377 e. The number of thiophene rings is 1. The molecule has 34 heavy (non-hydrogen) atoms. The highest BCUT2D eigenvalue weighted by atomic mass is 79.9. The van der Waals surface area contributed by atoms with Gasteiger partial charge in [-0.3, -0.25) is 14.4 Å². The van der Waals surface area contributed by atoms with Crippen molar-refractivity contribution in [3.8, 4) is 0 Å². The number of anilines is 2. The zero-order valence-electron chi connectivity index (χ0n) is 18.7. The van der Waals surface area contributed by atoms with Crippen LogP contribution >= 0.6 is 27.3 Å². The SMILES string of the molecule is CCO[C@@H]1C[C@H](C(=O)Nc2ccc(N3CCOCC3=O)cc2)N(C(=O)/C=C/c2ccc(Br)s2)C1. The van der Waals surface area contributed by atoms with Crippen LogP contribution in [-0.4, -0.2) is 67.7 Å². The first-order chi connectivity index (χ1) is 16.4. The Labute approximate surface area is 210 Å². The van der Waals surface area contributed by atoms with E-state index in [0.29, 0.717) is 38.4 Å². The number of likely N-dealkylation sites (tertiary alicyclic amines) is 1. The summed E-state index contributed by atoms with van der Waals surface area (Å²) in [6.45, 7) is 3.84. The van der Waals surface area contributed by atoms with Crippen LogP contribution in [0.15, 0.2) is 46.3 Å². The maximum Gasteiger partial charge on any atom is 0.253 e. The average Bonchev–Trinajstić information content (AvgIpc) is 3.45. The van der Waals surface area contributed by atoms with Crippen molar-refractivity contribution in [3.05, 3.63) is 51.1 Å². The van der Waals surface area contributed by atoms with Crippen LogP contribution in [0, 0.1) is 0 Å². The molecule has 0 aliphatic carbocycles. The molecule has 2 atom stereocenters. The maximum atomic E-state index is 13.1. The van der Waals surface area contributed by atoms with Gasteiger partial charge in [0.2, 0.25) is 11.8 Å². The van der Waals surface area contributed by atoms with Gasteiger partial charge in [-0.25, -0.2) is 0 Å². The van der Waals surface area contributed by atoms with Crippen molar-refractivity contribution in [1.29, 1.82) is 0 Å². The quantitative estimate of drug-likeness (QED) is 0.535. The Morgan fingerprint density at radius 1 is 1.26 bits per heavy atom. The molecule has 0 saturated carbocycles. The van der Waals surface area contributed by atoms with E-state index in [0.717, 1.165) is 14.4 Å². The summed E-state index contributed by atoms with van der Waals surface area (Å²) in [5.74, 6) is -0.584. The van der Waals surface area contributed by atoms with Gasteiger partial charge in [-0.15, -0.1) is 11.3 Å². The zero-order chi connectivity index (χ0) is 24.1. The van der Waals surface area contributed by atoms with Crippen LogP contribution in [-0.2, 0) is 23.9 Å². The van der Waals surface area contributed by atoms with Gasteiger partial charge in [0.15, 0.2) is 0 Å². The standard InChI is InChI=1S/C24H26BrN3O5S/c1-2-33-18-13-20(28(14-18)22(29)10-8-19-7-9-21(25)34-19)24(31)26-16-3-5-17(6-4-16)27-11-12-32-15-23(27)30/h3-10,18,20H,2,11-15H2,1H3,(H,26,31)/b10-8+/t18-,20-/m1/s1. The van der Waals surface area contributed by atoms with Gasteiger partial charge in [0, 0.05) is 48.4 Å². The summed E-state index contributed by atoms with van der Waals surface area (Å²) in [5, 5.41) is 2.91. The second kappa shape index (κ2) is 11.3. The summed E-state index contributed by atoms with van der Waals surface area (Å²) < 4.78 is 11.9. The van der Waals surface area contributed by atoms with Gasteiger partial charge in [0.05, 0.1) is 16.5 Å². The Bertz CT molecular complexity index is 1070. The van der Waals surface area contributed by atoms with E-state index in [1.165, 1.54) is 17.4 Å². The highest BCUT2D eigenvalue weighted by molar-refractivity contribution is 9.11. The second-order valence-electron chi connectivity index (χ2n) is 7.93. The summed E-state index contributed by atoms with van der Waals surface area (Å²) in [6.07, 6.45) is 3.50. The lowest BCUT2D eigenvalue weighted by Gasteiger charge is -2.27. The van der Waals surface area contributed by atoms with E-state index < -0.39 is 6.04 Å². The summed E-state index contributed by atoms with van der Waals surface area (Å²) in [7, 11) is 0. The van der Waals surface area contributed by atoms with Crippen molar-refractivity contribution in [3.63, 3.8) is 0 Å². The third kappa shape index (κ3) is 5.93. The summed E-state index contributed by atoms with van der Waals surface area (Å²) in [4.78, 5) is 42.3. The molecule has 1 aromatic carbocycles. The van der Waals surface area contributed by atoms with Gasteiger partial charge in [0.25, 0.3) is 5.91 Å². The maximum absolute atomic E-state index is 13.1. The first kappa shape index (κ1) is 24.6. The highest BCUT2D eigenvalue weighted by Crippen LogP contribution is 2.26. The Hall–Kier alpha value is -2.53. The lowest BCUT2D eigenvalue weighted by molar-refractivity contribution is -0.132. The first-order valence-corrected chi connectivity index (χ1v) is 12.7. The Kier molecular flexibility index (Phi) is 8.15. The van der Waals surface area contributed by atoms with Gasteiger partial charge in [-0.05, 0) is 65.3 Å². The molecule has 0 bridgehead atoms. The fraction of sp³-hybridized carbons (Fsp3) is 0.375. The molecular weight excluding hydrogens is 522 g/mol. The van der Waals surface area contributed by atoms with Crippen molar-refractivity contribution in [2.45, 2.75) is 25.5 Å². The van der Waals surface area contributed by atoms with E-state index in [4.69, 9.17) is 9.47 Å². The minimum Gasteiger partial charge on any atom is -0.377 e. The molecule has 2 aliphatic heterocycles. The predicted octanol–water partition coefficient (Wildman–Crippen LogP) is 3.53. The molecule has 0 unspecified atom stereocenters. The molecule has 3 amide bonds. The monoisotopic (exact) mass is 547 g/mol. The minimum atomic E-state index is -0.635. The molecule has 1 N–H and O–H groups in total. The van der Waals surface area contributed by atoms with Crippen molar-refractivity contribution >= 4 is 62.4 Å². The van der Waals surface area contributed by atoms with Crippen molar-refractivity contribution in [2.75, 3.05) is 43.1 Å². The van der Waals surface area contributed by atoms with E-state index in [1.54, 1.807) is 40.1 Å². The van der Waals surface area contributed by atoms with Crippen LogP contribution in [0.3, 0.4) is 0 Å². The molecule has 0 spiro atoms. The number of ether oxygens (including phenoxy) is 2. The van der Waals surface area contributed by atoms with Crippen molar-refractivity contribution in [1.82, 2.24) is 4.90 Å². The molecule has 3 heterocycles. The highest BCUT2D eigenvalue weighted by Gasteiger charge is 2.39. The number of benzene rings is 1. The molecule has 10 heteroatoms. The van der Waals surface area contributed by atoms with Crippen LogP contribution < -0.4 is 10.2 Å². The number of halogens is 1. The minimum absolute atomic E-state index is 0.0727. The molecule has 0 radical (unpaired) electrons. The Balaban J connectivity index is 1.43. The summed E-state index contributed by atoms with van der Waals surface area (Å²) in [5.41, 5.74) is 1.35. The number of amides is 3. The molecule has 8 nitrogen and oxygen atoms in total. The number of nitrogens with zero attached hydrogens (tertiary/aromatic N) is 2. The molecular formula is C24H26BrN3O5S. The Morgan fingerprint density at radius 2 is 2.06 bits per heavy atom. The first-order valence-electron chi connectivity index (χ1n) is 11.1. The third-order valence-corrected chi connectivity index (χ3v) is 7.26. The van der Waals surface area contributed by atoms with E-state index in [9.17, 15) is 14.4 Å². The molecule has 180 valence electrons. The van der Waals surface area contributed by atoms with Crippen LogP contribution in [0.1, 0.15) is 18.2 Å². The number of rotatable bonds is 7. The zero-order valence-corrected chi connectivity index (χ0v) is 21.1. The predicted molar refractivity (Wildman–Crippen MR) is 135 cm³/mol. The number of nitrogens with one attached hydrogen (secondary N) is 1. The fourth-order valence-corrected chi connectivity index (χ4v) is 5.38. The number of carbonyl (C=O) groups is 3. The lowest BCUT2D eigenvalue weighted by atomic mass is 10.1. The van der Waals surface area contributed by atoms with Gasteiger partial charge in [-0.2, -0.15) is 0 Å². The van der Waals surface area contributed by atoms with Gasteiger partial charge >= 0.3 is 0 Å². The average molecular weight is 548 g/mol. The smallest absolute Gasteiger partial charge is 0.253 e. The van der Waals surface area contributed by atoms with E-state index in [-0.39, 0.29) is 30.4 Å². The summed E-state index contributed by atoms with van der Waals surface area (Å²) >= 11 is 4.94. The molecule has 2 saturated heterocycles. The van der Waals surface area contributed by atoms with Crippen LogP contribution in [0.4, 0.5) is 11.4 Å². The van der Waals surface area contributed by atoms with Gasteiger partial charge in [-0.1, -0.05) is 0 Å². The third-order valence-electron chi connectivity index (χ3n) is 5.67. The normalized spacial score (nSPS) is 20.8. The van der Waals surface area contributed by atoms with E-state index >= 15 is 0 Å². The summed E-state index contributed by atoms with van der Waals surface area (Å²) in [6, 6.07) is 10.3. The Morgan fingerprint density at radius 3 is 2.74 bits per heavy atom. The topological polar surface area (TPSA) is 88.2 Å². The molecule has 4 rings (SSSR count). The molecule has 2 aliphatic rings. The number of hydrogen-bond donors (Lipinski definition) is 1. The van der Waals surface area contributed by atoms with Gasteiger partial charge in [0.1, 0.15) is 12.6 Å². The lowest BCUT2D eigenvalue weighted by Crippen LogP contribution is -2.42. The van der Waals surface area contributed by atoms with Crippen LogP contribution in [0.2, 0.25) is 0 Å². The van der Waals surface area contributed by atoms with Crippen molar-refractivity contribution in [2.24, 2.45) is 0 Å². The number of hydrogen-bond acceptors (Lipinski definition) is 6. The molecule has 2 aromatic rings. The van der Waals surface area contributed by atoms with Crippen LogP contribution in [0.5, 0.6) is 0 Å². The fourth-order valence-electron chi connectivity index (χ4n) is 4.05. The number of carbonyl (C=O) groups excluding carboxylic acids is 3.